The molecule has 0 amide bonds. The highest BCUT2D eigenvalue weighted by Crippen LogP contribution is 2.45. The summed E-state index contributed by atoms with van der Waals surface area (Å²) in [5, 5.41) is 4.03. The first-order valence-corrected chi connectivity index (χ1v) is 6.37. The minimum atomic E-state index is -0.220. The van der Waals surface area contributed by atoms with Crippen LogP contribution in [-0.2, 0) is 6.42 Å². The van der Waals surface area contributed by atoms with Crippen molar-refractivity contribution in [1.29, 1.82) is 0 Å². The quantitative estimate of drug-likeness (QED) is 0.895. The zero-order chi connectivity index (χ0) is 12.5. The third-order valence-electron chi connectivity index (χ3n) is 3.51. The maximum absolute atomic E-state index is 6.10. The van der Waals surface area contributed by atoms with Gasteiger partial charge in [0.1, 0.15) is 0 Å². The van der Waals surface area contributed by atoms with Gasteiger partial charge in [0.2, 0.25) is 5.89 Å². The Morgan fingerprint density at radius 3 is 2.78 bits per heavy atom. The number of rotatable bonds is 4. The molecular weight excluding hydrogens is 226 g/mol. The van der Waals surface area contributed by atoms with Gasteiger partial charge in [-0.2, -0.15) is 4.98 Å². The lowest BCUT2D eigenvalue weighted by molar-refractivity contribution is 0.350. The number of aromatic nitrogens is 2. The maximum atomic E-state index is 6.10. The van der Waals surface area contributed by atoms with Gasteiger partial charge in [-0.25, -0.2) is 0 Å². The molecular formula is C14H17N3O. The summed E-state index contributed by atoms with van der Waals surface area (Å²) in [6, 6.07) is 9.90. The van der Waals surface area contributed by atoms with Crippen LogP contribution in [0.15, 0.2) is 34.9 Å². The van der Waals surface area contributed by atoms with Crippen LogP contribution >= 0.6 is 0 Å². The molecule has 1 heterocycles. The molecule has 0 saturated heterocycles. The number of hydrogen-bond donors (Lipinski definition) is 1. The number of nitrogens with two attached hydrogens (primary N) is 1. The van der Waals surface area contributed by atoms with Crippen LogP contribution in [0.25, 0.3) is 0 Å². The molecule has 94 valence electrons. The van der Waals surface area contributed by atoms with E-state index in [1.807, 2.05) is 18.2 Å². The third kappa shape index (κ3) is 2.29. The molecule has 1 saturated carbocycles. The molecule has 4 heteroatoms. The summed E-state index contributed by atoms with van der Waals surface area (Å²) in [5.41, 5.74) is 7.28. The molecule has 0 aliphatic heterocycles. The van der Waals surface area contributed by atoms with Crippen molar-refractivity contribution in [3.63, 3.8) is 0 Å². The Labute approximate surface area is 106 Å². The smallest absolute Gasteiger partial charge is 0.243 e. The maximum Gasteiger partial charge on any atom is 0.243 e. The molecule has 2 aromatic rings. The highest BCUT2D eigenvalue weighted by Gasteiger charge is 2.38. The van der Waals surface area contributed by atoms with Gasteiger partial charge in [-0.3, -0.25) is 0 Å². The zero-order valence-electron chi connectivity index (χ0n) is 10.4. The van der Waals surface area contributed by atoms with Crippen molar-refractivity contribution >= 4 is 0 Å². The number of nitrogens with zero attached hydrogens (tertiary/aromatic N) is 2. The van der Waals surface area contributed by atoms with Crippen LogP contribution in [0.1, 0.15) is 42.6 Å². The summed E-state index contributed by atoms with van der Waals surface area (Å²) in [6.45, 7) is 2.20. The Morgan fingerprint density at radius 1 is 1.39 bits per heavy atom. The summed E-state index contributed by atoms with van der Waals surface area (Å²) < 4.78 is 5.26. The fraction of sp³-hybridized carbons (Fsp3) is 0.429. The number of benzene rings is 1. The van der Waals surface area contributed by atoms with Gasteiger partial charge < -0.3 is 10.3 Å². The van der Waals surface area contributed by atoms with Crippen LogP contribution in [0.5, 0.6) is 0 Å². The molecule has 1 fully saturated rings. The SMILES string of the molecule is CC1CC1c1noc([C@H](N)Cc2ccccc2)n1. The first-order valence-electron chi connectivity index (χ1n) is 6.37. The van der Waals surface area contributed by atoms with E-state index in [0.29, 0.717) is 17.7 Å². The number of hydrogen-bond acceptors (Lipinski definition) is 4. The Balaban J connectivity index is 1.69. The van der Waals surface area contributed by atoms with Crippen molar-refractivity contribution in [1.82, 2.24) is 10.1 Å². The van der Waals surface area contributed by atoms with E-state index in [2.05, 4.69) is 29.2 Å². The second kappa shape index (κ2) is 4.53. The van der Waals surface area contributed by atoms with Crippen LogP contribution in [0.4, 0.5) is 0 Å². The molecule has 1 aromatic carbocycles. The lowest BCUT2D eigenvalue weighted by Gasteiger charge is -2.05. The molecule has 0 bridgehead atoms. The minimum absolute atomic E-state index is 0.220. The molecule has 1 aromatic heterocycles. The molecule has 4 nitrogen and oxygen atoms in total. The van der Waals surface area contributed by atoms with Crippen LogP contribution in [-0.4, -0.2) is 10.1 Å². The topological polar surface area (TPSA) is 64.9 Å². The average molecular weight is 243 g/mol. The Hall–Kier alpha value is -1.68. The molecule has 3 rings (SSSR count). The average Bonchev–Trinajstić information content (AvgIpc) is 2.93. The van der Waals surface area contributed by atoms with E-state index in [9.17, 15) is 0 Å². The van der Waals surface area contributed by atoms with Crippen molar-refractivity contribution in [2.24, 2.45) is 11.7 Å². The van der Waals surface area contributed by atoms with Crippen molar-refractivity contribution in [2.75, 3.05) is 0 Å². The molecule has 2 unspecified atom stereocenters. The summed E-state index contributed by atoms with van der Waals surface area (Å²) in [5.74, 6) is 2.53. The summed E-state index contributed by atoms with van der Waals surface area (Å²) in [7, 11) is 0. The largest absolute Gasteiger partial charge is 0.338 e. The molecule has 2 N–H and O–H groups in total. The normalized spacial score (nSPS) is 23.9. The lowest BCUT2D eigenvalue weighted by atomic mass is 10.1. The lowest BCUT2D eigenvalue weighted by Crippen LogP contribution is -2.13. The minimum Gasteiger partial charge on any atom is -0.338 e. The molecule has 0 radical (unpaired) electrons. The van der Waals surface area contributed by atoms with E-state index in [0.717, 1.165) is 18.7 Å². The summed E-state index contributed by atoms with van der Waals surface area (Å²) in [6.07, 6.45) is 1.88. The van der Waals surface area contributed by atoms with Gasteiger partial charge in [0, 0.05) is 5.92 Å². The first kappa shape index (κ1) is 11.4. The molecule has 1 aliphatic carbocycles. The van der Waals surface area contributed by atoms with E-state index in [1.165, 1.54) is 5.56 Å². The molecule has 3 atom stereocenters. The summed E-state index contributed by atoms with van der Waals surface area (Å²) >= 11 is 0. The van der Waals surface area contributed by atoms with Crippen molar-refractivity contribution in [3.8, 4) is 0 Å². The van der Waals surface area contributed by atoms with Crippen molar-refractivity contribution in [2.45, 2.75) is 31.7 Å². The standard InChI is InChI=1S/C14H17N3O/c1-9-7-11(9)13-16-14(18-17-13)12(15)8-10-5-3-2-4-6-10/h2-6,9,11-12H,7-8,15H2,1H3/t9?,11?,12-/m1/s1. The fourth-order valence-electron chi connectivity index (χ4n) is 2.19. The van der Waals surface area contributed by atoms with Gasteiger partial charge in [0.05, 0.1) is 6.04 Å². The van der Waals surface area contributed by atoms with E-state index < -0.39 is 0 Å². The molecule has 0 spiro atoms. The van der Waals surface area contributed by atoms with Gasteiger partial charge in [-0.1, -0.05) is 42.4 Å². The highest BCUT2D eigenvalue weighted by molar-refractivity contribution is 5.17. The van der Waals surface area contributed by atoms with E-state index in [4.69, 9.17) is 10.3 Å². The van der Waals surface area contributed by atoms with Crippen LogP contribution in [0.3, 0.4) is 0 Å². The van der Waals surface area contributed by atoms with Crippen molar-refractivity contribution in [3.05, 3.63) is 47.6 Å². The van der Waals surface area contributed by atoms with Gasteiger partial charge in [0.15, 0.2) is 5.82 Å². The summed E-state index contributed by atoms with van der Waals surface area (Å²) in [4.78, 5) is 4.42. The Morgan fingerprint density at radius 2 is 2.11 bits per heavy atom. The second-order valence-corrected chi connectivity index (χ2v) is 5.11. The van der Waals surface area contributed by atoms with Gasteiger partial charge >= 0.3 is 0 Å². The predicted octanol–water partition coefficient (Wildman–Crippen LogP) is 2.44. The van der Waals surface area contributed by atoms with Crippen LogP contribution in [0.2, 0.25) is 0 Å². The predicted molar refractivity (Wildman–Crippen MR) is 67.9 cm³/mol. The third-order valence-corrected chi connectivity index (χ3v) is 3.51. The zero-order valence-corrected chi connectivity index (χ0v) is 10.4. The highest BCUT2D eigenvalue weighted by atomic mass is 16.5. The van der Waals surface area contributed by atoms with E-state index >= 15 is 0 Å². The Bertz CT molecular complexity index is 523. The van der Waals surface area contributed by atoms with Crippen LogP contribution < -0.4 is 5.73 Å². The van der Waals surface area contributed by atoms with Crippen molar-refractivity contribution < 1.29 is 4.52 Å². The monoisotopic (exact) mass is 243 g/mol. The van der Waals surface area contributed by atoms with Gasteiger partial charge in [0.25, 0.3) is 0 Å². The Kier molecular flexibility index (Phi) is 2.88. The van der Waals surface area contributed by atoms with E-state index in [1.54, 1.807) is 0 Å². The second-order valence-electron chi connectivity index (χ2n) is 5.11. The van der Waals surface area contributed by atoms with Gasteiger partial charge in [-0.15, -0.1) is 0 Å². The molecule has 1 aliphatic rings. The fourth-order valence-corrected chi connectivity index (χ4v) is 2.19. The van der Waals surface area contributed by atoms with Crippen LogP contribution in [0, 0.1) is 5.92 Å². The first-order chi connectivity index (χ1) is 8.74. The van der Waals surface area contributed by atoms with Gasteiger partial charge in [-0.05, 0) is 24.3 Å². The molecule has 18 heavy (non-hydrogen) atoms. The van der Waals surface area contributed by atoms with E-state index in [-0.39, 0.29) is 6.04 Å².